The molecule has 2 aromatic heterocycles. The molecule has 4 aromatic rings. The number of aryl methyl sites for hydroxylation is 2. The van der Waals surface area contributed by atoms with Crippen molar-refractivity contribution in [3.8, 4) is 17.2 Å². The van der Waals surface area contributed by atoms with Gasteiger partial charge in [0.05, 0.1) is 24.9 Å². The molecular weight excluding hydrogens is 429 g/mol. The average Bonchev–Trinajstić information content (AvgIpc) is 2.80. The van der Waals surface area contributed by atoms with Gasteiger partial charge in [0.25, 0.3) is 11.1 Å². The number of nitrogens with zero attached hydrogens (tertiary/aromatic N) is 3. The van der Waals surface area contributed by atoms with Crippen molar-refractivity contribution in [1.29, 1.82) is 0 Å². The van der Waals surface area contributed by atoms with Crippen LogP contribution >= 0.6 is 0 Å². The number of hydrogen-bond donors (Lipinski definition) is 1. The topological polar surface area (TPSA) is 95.5 Å². The van der Waals surface area contributed by atoms with Gasteiger partial charge in [-0.1, -0.05) is 18.2 Å². The molecule has 9 heteroatoms. The highest BCUT2D eigenvalue weighted by atomic mass is 19.1. The smallest absolute Gasteiger partial charge is 0.337 e. The maximum Gasteiger partial charge on any atom is 0.337 e. The van der Waals surface area contributed by atoms with Gasteiger partial charge >= 0.3 is 5.69 Å². The van der Waals surface area contributed by atoms with Crippen LogP contribution in [0.15, 0.2) is 56.8 Å². The van der Waals surface area contributed by atoms with Crippen molar-refractivity contribution >= 4 is 11.0 Å². The van der Waals surface area contributed by atoms with Crippen LogP contribution in [0.3, 0.4) is 0 Å². The summed E-state index contributed by atoms with van der Waals surface area (Å²) in [5.74, 6) is -0.643. The van der Waals surface area contributed by atoms with Gasteiger partial charge in [-0.25, -0.2) is 13.8 Å². The Morgan fingerprint density at radius 3 is 2.27 bits per heavy atom. The normalized spacial score (nSPS) is 11.2. The predicted molar refractivity (Wildman–Crippen MR) is 122 cm³/mol. The van der Waals surface area contributed by atoms with Crippen molar-refractivity contribution in [3.05, 3.63) is 96.2 Å². The van der Waals surface area contributed by atoms with Crippen molar-refractivity contribution in [3.63, 3.8) is 0 Å². The summed E-state index contributed by atoms with van der Waals surface area (Å²) >= 11 is 0. The van der Waals surface area contributed by atoms with Crippen molar-refractivity contribution in [1.82, 2.24) is 13.7 Å². The molecule has 0 unspecified atom stereocenters. The first-order valence-electron chi connectivity index (χ1n) is 10.1. The van der Waals surface area contributed by atoms with E-state index in [9.17, 15) is 23.9 Å². The number of fused-ring (bicyclic) bond motifs is 1. The van der Waals surface area contributed by atoms with Gasteiger partial charge in [0, 0.05) is 7.05 Å². The maximum absolute atomic E-state index is 15.0. The zero-order chi connectivity index (χ0) is 24.0. The van der Waals surface area contributed by atoms with Gasteiger partial charge < -0.3 is 9.84 Å². The number of ether oxygens (including phenoxy) is 1. The van der Waals surface area contributed by atoms with E-state index >= 15 is 0 Å². The molecule has 0 bridgehead atoms. The van der Waals surface area contributed by atoms with Crippen LogP contribution in [0.4, 0.5) is 4.39 Å². The third-order valence-electron chi connectivity index (χ3n) is 5.70. The first-order valence-corrected chi connectivity index (χ1v) is 10.1. The number of halogens is 1. The van der Waals surface area contributed by atoms with Crippen LogP contribution < -0.4 is 21.5 Å². The van der Waals surface area contributed by atoms with Crippen molar-refractivity contribution in [2.75, 3.05) is 7.11 Å². The van der Waals surface area contributed by atoms with Gasteiger partial charge in [-0.15, -0.1) is 0 Å². The highest BCUT2D eigenvalue weighted by molar-refractivity contribution is 5.84. The highest BCUT2D eigenvalue weighted by Gasteiger charge is 2.24. The zero-order valence-electron chi connectivity index (χ0n) is 18.5. The van der Waals surface area contributed by atoms with Crippen molar-refractivity contribution in [2.45, 2.75) is 20.4 Å². The molecular formula is C24H22FN3O5. The monoisotopic (exact) mass is 451 g/mol. The molecule has 4 rings (SSSR count). The van der Waals surface area contributed by atoms with E-state index in [1.807, 2.05) is 0 Å². The largest absolute Gasteiger partial charge is 0.506 e. The minimum atomic E-state index is -0.843. The predicted octanol–water partition coefficient (Wildman–Crippen LogP) is 2.37. The molecule has 0 aliphatic rings. The molecule has 0 saturated carbocycles. The minimum Gasteiger partial charge on any atom is -0.506 e. The molecule has 8 nitrogen and oxygen atoms in total. The SMILES string of the molecule is COc1ccc(Cn2c(=O)c3c(O)c(C)c(=O)n(C)c3n(-c3ccc(C)cc3F)c2=O)cc1. The fourth-order valence-corrected chi connectivity index (χ4v) is 3.87. The van der Waals surface area contributed by atoms with Crippen molar-refractivity contribution in [2.24, 2.45) is 7.05 Å². The Balaban J connectivity index is 2.15. The van der Waals surface area contributed by atoms with Gasteiger partial charge in [-0.05, 0) is 49.2 Å². The van der Waals surface area contributed by atoms with Gasteiger partial charge in [0.2, 0.25) is 0 Å². The Morgan fingerprint density at radius 1 is 1.00 bits per heavy atom. The number of pyridine rings is 1. The molecule has 1 N–H and O–H groups in total. The van der Waals surface area contributed by atoms with E-state index < -0.39 is 28.4 Å². The summed E-state index contributed by atoms with van der Waals surface area (Å²) in [4.78, 5) is 39.6. The standard InChI is InChI=1S/C24H22FN3O5/c1-13-5-10-18(17(25)11-13)28-21-19(20(29)14(2)22(30)26(21)3)23(31)27(24(28)32)12-15-6-8-16(33-4)9-7-15/h5-11,29H,12H2,1-4H3. The third kappa shape index (κ3) is 3.51. The number of aromatic nitrogens is 3. The van der Waals surface area contributed by atoms with Crippen LogP contribution in [0.5, 0.6) is 11.5 Å². The van der Waals surface area contributed by atoms with Crippen LogP contribution in [0.1, 0.15) is 16.7 Å². The fraction of sp³-hybridized carbons (Fsp3) is 0.208. The second kappa shape index (κ2) is 8.09. The number of rotatable bonds is 4. The van der Waals surface area contributed by atoms with Gasteiger partial charge in [-0.2, -0.15) is 0 Å². The number of aromatic hydroxyl groups is 1. The summed E-state index contributed by atoms with van der Waals surface area (Å²) in [5, 5.41) is 10.5. The number of hydrogen-bond acceptors (Lipinski definition) is 5. The molecule has 2 aromatic carbocycles. The summed E-state index contributed by atoms with van der Waals surface area (Å²) in [6.07, 6.45) is 0. The summed E-state index contributed by atoms with van der Waals surface area (Å²) in [7, 11) is 2.89. The molecule has 0 amide bonds. The summed E-state index contributed by atoms with van der Waals surface area (Å²) in [6.45, 7) is 2.95. The number of methoxy groups -OCH3 is 1. The van der Waals surface area contributed by atoms with E-state index in [1.165, 1.54) is 33.2 Å². The van der Waals surface area contributed by atoms with Gasteiger partial charge in [0.1, 0.15) is 28.3 Å². The molecule has 0 aliphatic carbocycles. The summed E-state index contributed by atoms with van der Waals surface area (Å²) in [5.41, 5.74) is -1.36. The molecule has 2 heterocycles. The van der Waals surface area contributed by atoms with Crippen LogP contribution in [0.2, 0.25) is 0 Å². The lowest BCUT2D eigenvalue weighted by Gasteiger charge is -2.18. The second-order valence-corrected chi connectivity index (χ2v) is 7.85. The number of benzene rings is 2. The Morgan fingerprint density at radius 2 is 1.67 bits per heavy atom. The molecule has 0 fully saturated rings. The highest BCUT2D eigenvalue weighted by Crippen LogP contribution is 2.24. The van der Waals surface area contributed by atoms with E-state index in [0.717, 1.165) is 13.7 Å². The van der Waals surface area contributed by atoms with Gasteiger partial charge in [-0.3, -0.25) is 18.7 Å². The lowest BCUT2D eigenvalue weighted by atomic mass is 10.1. The zero-order valence-corrected chi connectivity index (χ0v) is 18.5. The van der Waals surface area contributed by atoms with E-state index in [0.29, 0.717) is 16.9 Å². The molecule has 0 saturated heterocycles. The Bertz CT molecular complexity index is 1580. The molecule has 0 aliphatic heterocycles. The first kappa shape index (κ1) is 22.1. The fourth-order valence-electron chi connectivity index (χ4n) is 3.87. The Labute approximate surface area is 187 Å². The lowest BCUT2D eigenvalue weighted by molar-refractivity contribution is 0.414. The van der Waals surface area contributed by atoms with Crippen LogP contribution in [0.25, 0.3) is 16.7 Å². The second-order valence-electron chi connectivity index (χ2n) is 7.85. The van der Waals surface area contributed by atoms with E-state index in [4.69, 9.17) is 4.74 Å². The van der Waals surface area contributed by atoms with E-state index in [-0.39, 0.29) is 28.8 Å². The van der Waals surface area contributed by atoms with E-state index in [2.05, 4.69) is 0 Å². The van der Waals surface area contributed by atoms with Crippen LogP contribution in [-0.2, 0) is 13.6 Å². The average molecular weight is 451 g/mol. The third-order valence-corrected chi connectivity index (χ3v) is 5.70. The molecule has 0 atom stereocenters. The quantitative estimate of drug-likeness (QED) is 0.514. The maximum atomic E-state index is 15.0. The summed E-state index contributed by atoms with van der Waals surface area (Å²) in [6, 6.07) is 11.0. The van der Waals surface area contributed by atoms with E-state index in [1.54, 1.807) is 37.3 Å². The molecule has 0 spiro atoms. The summed E-state index contributed by atoms with van der Waals surface area (Å²) < 4.78 is 23.1. The van der Waals surface area contributed by atoms with Crippen LogP contribution in [-0.4, -0.2) is 25.9 Å². The van der Waals surface area contributed by atoms with Crippen LogP contribution in [0, 0.1) is 19.7 Å². The minimum absolute atomic E-state index is 0.0484. The lowest BCUT2D eigenvalue weighted by Crippen LogP contribution is -2.42. The molecule has 33 heavy (non-hydrogen) atoms. The first-order chi connectivity index (χ1) is 15.6. The molecule has 0 radical (unpaired) electrons. The molecule has 170 valence electrons. The Hall–Kier alpha value is -4.14. The van der Waals surface area contributed by atoms with Crippen molar-refractivity contribution < 1.29 is 14.2 Å². The van der Waals surface area contributed by atoms with Gasteiger partial charge in [0.15, 0.2) is 0 Å². The Kier molecular flexibility index (Phi) is 5.41.